The van der Waals surface area contributed by atoms with Gasteiger partial charge in [0.1, 0.15) is 6.33 Å². The summed E-state index contributed by atoms with van der Waals surface area (Å²) in [6, 6.07) is 17.8. The van der Waals surface area contributed by atoms with Gasteiger partial charge in [-0.2, -0.15) is 5.10 Å². The third kappa shape index (κ3) is 2.94. The van der Waals surface area contributed by atoms with Crippen LogP contribution in [0.1, 0.15) is 5.56 Å². The summed E-state index contributed by atoms with van der Waals surface area (Å²) in [5.41, 5.74) is 3.74. The monoisotopic (exact) mass is 374 g/mol. The fourth-order valence-electron chi connectivity index (χ4n) is 3.13. The molecule has 0 radical (unpaired) electrons. The number of hydrogen-bond donors (Lipinski definition) is 0. The van der Waals surface area contributed by atoms with E-state index in [0.717, 1.165) is 35.2 Å². The molecule has 0 spiro atoms. The molecule has 0 saturated heterocycles. The van der Waals surface area contributed by atoms with Crippen LogP contribution in [0.5, 0.6) is 0 Å². The molecule has 132 valence electrons. The van der Waals surface area contributed by atoms with Crippen LogP contribution < -0.4 is 0 Å². The zero-order valence-electron chi connectivity index (χ0n) is 14.3. The van der Waals surface area contributed by atoms with Gasteiger partial charge in [-0.1, -0.05) is 41.9 Å². The van der Waals surface area contributed by atoms with Crippen molar-refractivity contribution in [3.05, 3.63) is 77.7 Å². The first kappa shape index (κ1) is 16.0. The Morgan fingerprint density at radius 1 is 0.926 bits per heavy atom. The van der Waals surface area contributed by atoms with Crippen LogP contribution in [-0.4, -0.2) is 29.4 Å². The summed E-state index contributed by atoms with van der Waals surface area (Å²) in [4.78, 5) is 9.23. The number of halogens is 1. The van der Waals surface area contributed by atoms with E-state index in [1.165, 1.54) is 5.56 Å². The summed E-state index contributed by atoms with van der Waals surface area (Å²) in [5, 5.41) is 10.6. The first-order chi connectivity index (χ1) is 13.3. The molecule has 0 amide bonds. The van der Waals surface area contributed by atoms with Crippen LogP contribution in [0, 0.1) is 0 Å². The van der Waals surface area contributed by atoms with Gasteiger partial charge in [-0.05, 0) is 36.2 Å². The molecule has 5 aromatic rings. The van der Waals surface area contributed by atoms with Crippen LogP contribution >= 0.6 is 11.6 Å². The van der Waals surface area contributed by atoms with Crippen LogP contribution in [-0.2, 0) is 13.0 Å². The van der Waals surface area contributed by atoms with Gasteiger partial charge < -0.3 is 0 Å². The third-order valence-electron chi connectivity index (χ3n) is 4.53. The first-order valence-corrected chi connectivity index (χ1v) is 9.02. The van der Waals surface area contributed by atoms with Crippen molar-refractivity contribution in [1.82, 2.24) is 29.4 Å². The maximum Gasteiger partial charge on any atom is 0.182 e. The summed E-state index contributed by atoms with van der Waals surface area (Å²) >= 11 is 5.97. The van der Waals surface area contributed by atoms with Gasteiger partial charge in [-0.25, -0.2) is 19.2 Å². The summed E-state index contributed by atoms with van der Waals surface area (Å²) < 4.78 is 3.61. The van der Waals surface area contributed by atoms with Crippen LogP contribution in [0.25, 0.3) is 28.1 Å². The Morgan fingerprint density at radius 2 is 1.74 bits per heavy atom. The fraction of sp³-hybridized carbons (Fsp3) is 0.100. The molecule has 3 aromatic heterocycles. The zero-order chi connectivity index (χ0) is 18.2. The van der Waals surface area contributed by atoms with Crippen LogP contribution in [0.3, 0.4) is 0 Å². The number of aryl methyl sites for hydroxylation is 2. The molecule has 7 heteroatoms. The smallest absolute Gasteiger partial charge is 0.182 e. The highest BCUT2D eigenvalue weighted by atomic mass is 35.5. The molecule has 0 saturated carbocycles. The maximum atomic E-state index is 5.97. The van der Waals surface area contributed by atoms with Crippen LogP contribution in [0.2, 0.25) is 5.02 Å². The number of benzene rings is 2. The molecular weight excluding hydrogens is 360 g/mol. The van der Waals surface area contributed by atoms with E-state index in [9.17, 15) is 0 Å². The van der Waals surface area contributed by atoms with Crippen molar-refractivity contribution < 1.29 is 0 Å². The van der Waals surface area contributed by atoms with Crippen LogP contribution in [0.15, 0.2) is 67.1 Å². The Kier molecular flexibility index (Phi) is 3.83. The largest absolute Gasteiger partial charge is 0.247 e. The normalized spacial score (nSPS) is 11.4. The minimum atomic E-state index is 0.637. The Bertz CT molecular complexity index is 1220. The number of fused-ring (bicyclic) bond motifs is 3. The highest BCUT2D eigenvalue weighted by Gasteiger charge is 2.13. The average Bonchev–Trinajstić information content (AvgIpc) is 3.31. The predicted molar refractivity (Wildman–Crippen MR) is 105 cm³/mol. The molecular formula is C20H15ClN6. The fourth-order valence-corrected chi connectivity index (χ4v) is 3.26. The zero-order valence-corrected chi connectivity index (χ0v) is 15.1. The number of nitrogens with zero attached hydrogens (tertiary/aromatic N) is 6. The highest BCUT2D eigenvalue weighted by Crippen LogP contribution is 2.22. The lowest BCUT2D eigenvalue weighted by atomic mass is 10.1. The quantitative estimate of drug-likeness (QED) is 0.476. The van der Waals surface area contributed by atoms with Crippen molar-refractivity contribution in [3.8, 4) is 11.4 Å². The van der Waals surface area contributed by atoms with E-state index in [1.54, 1.807) is 10.8 Å². The molecule has 6 nitrogen and oxygen atoms in total. The minimum Gasteiger partial charge on any atom is -0.247 e. The Balaban J connectivity index is 1.51. The van der Waals surface area contributed by atoms with Gasteiger partial charge in [0.05, 0.1) is 11.6 Å². The second kappa shape index (κ2) is 6.48. The SMILES string of the molecule is Clc1ccc(-c2nc3c4cnn(CCc5ccccc5)c4ncn3n2)cc1. The Hall–Kier alpha value is -3.25. The van der Waals surface area contributed by atoms with Crippen molar-refractivity contribution >= 4 is 28.3 Å². The molecule has 0 fully saturated rings. The van der Waals surface area contributed by atoms with Crippen molar-refractivity contribution in [3.63, 3.8) is 0 Å². The van der Waals surface area contributed by atoms with Gasteiger partial charge in [-0.3, -0.25) is 0 Å². The van der Waals surface area contributed by atoms with Gasteiger partial charge >= 0.3 is 0 Å². The summed E-state index contributed by atoms with van der Waals surface area (Å²) in [7, 11) is 0. The number of aromatic nitrogens is 6. The van der Waals surface area contributed by atoms with E-state index >= 15 is 0 Å². The molecule has 0 aliphatic carbocycles. The van der Waals surface area contributed by atoms with Gasteiger partial charge in [-0.15, -0.1) is 5.10 Å². The lowest BCUT2D eigenvalue weighted by Gasteiger charge is -2.03. The molecule has 0 unspecified atom stereocenters. The topological polar surface area (TPSA) is 60.9 Å². The summed E-state index contributed by atoms with van der Waals surface area (Å²) in [6.07, 6.45) is 4.39. The lowest BCUT2D eigenvalue weighted by molar-refractivity contribution is 0.629. The molecule has 0 atom stereocenters. The maximum absolute atomic E-state index is 5.97. The molecule has 3 heterocycles. The van der Waals surface area contributed by atoms with E-state index in [4.69, 9.17) is 11.6 Å². The van der Waals surface area contributed by atoms with Gasteiger partial charge in [0.2, 0.25) is 0 Å². The minimum absolute atomic E-state index is 0.637. The summed E-state index contributed by atoms with van der Waals surface area (Å²) in [6.45, 7) is 0.759. The van der Waals surface area contributed by atoms with Gasteiger partial charge in [0.15, 0.2) is 17.1 Å². The summed E-state index contributed by atoms with van der Waals surface area (Å²) in [5.74, 6) is 0.637. The van der Waals surface area contributed by atoms with E-state index in [1.807, 2.05) is 53.3 Å². The predicted octanol–water partition coefficient (Wildman–Crippen LogP) is 4.04. The Morgan fingerprint density at radius 3 is 2.56 bits per heavy atom. The highest BCUT2D eigenvalue weighted by molar-refractivity contribution is 6.30. The van der Waals surface area contributed by atoms with Crippen molar-refractivity contribution in [2.75, 3.05) is 0 Å². The van der Waals surface area contributed by atoms with Crippen molar-refractivity contribution in [2.24, 2.45) is 0 Å². The van der Waals surface area contributed by atoms with E-state index in [0.29, 0.717) is 10.8 Å². The van der Waals surface area contributed by atoms with E-state index in [2.05, 4.69) is 32.3 Å². The lowest BCUT2D eigenvalue weighted by Crippen LogP contribution is -2.04. The molecule has 2 aromatic carbocycles. The third-order valence-corrected chi connectivity index (χ3v) is 4.78. The average molecular weight is 375 g/mol. The molecule has 0 bridgehead atoms. The second-order valence-corrected chi connectivity index (χ2v) is 6.73. The first-order valence-electron chi connectivity index (χ1n) is 8.65. The van der Waals surface area contributed by atoms with Crippen molar-refractivity contribution in [1.29, 1.82) is 0 Å². The molecule has 0 aliphatic rings. The van der Waals surface area contributed by atoms with Gasteiger partial charge in [0, 0.05) is 17.1 Å². The number of rotatable bonds is 4. The van der Waals surface area contributed by atoms with E-state index < -0.39 is 0 Å². The molecule has 27 heavy (non-hydrogen) atoms. The van der Waals surface area contributed by atoms with Crippen molar-refractivity contribution in [2.45, 2.75) is 13.0 Å². The molecule has 0 N–H and O–H groups in total. The van der Waals surface area contributed by atoms with Gasteiger partial charge in [0.25, 0.3) is 0 Å². The van der Waals surface area contributed by atoms with Crippen LogP contribution in [0.4, 0.5) is 0 Å². The second-order valence-electron chi connectivity index (χ2n) is 6.30. The number of hydrogen-bond acceptors (Lipinski definition) is 4. The molecule has 0 aliphatic heterocycles. The standard InChI is InChI=1S/C20H15ClN6/c21-16-8-6-15(7-9-16)18-24-20-17-12-23-26(19(17)22-13-27(20)25-18)11-10-14-4-2-1-3-5-14/h1-9,12-13H,10-11H2. The molecule has 5 rings (SSSR count). The Labute approximate surface area is 160 Å². The van der Waals surface area contributed by atoms with E-state index in [-0.39, 0.29) is 0 Å².